The molecule has 0 unspecified atom stereocenters. The van der Waals surface area contributed by atoms with Crippen molar-refractivity contribution in [1.82, 2.24) is 0 Å². The summed E-state index contributed by atoms with van der Waals surface area (Å²) in [6.07, 6.45) is 9.27. The second-order valence-electron chi connectivity index (χ2n) is 4.55. The van der Waals surface area contributed by atoms with E-state index in [1.807, 2.05) is 18.2 Å². The molecule has 0 aromatic heterocycles. The fourth-order valence-corrected chi connectivity index (χ4v) is 2.26. The van der Waals surface area contributed by atoms with E-state index in [4.69, 9.17) is 5.41 Å². The Morgan fingerprint density at radius 2 is 1.75 bits per heavy atom. The fraction of sp³-hybridized carbons (Fsp3) is 0.400. The summed E-state index contributed by atoms with van der Waals surface area (Å²) in [5.41, 5.74) is 3.47. The normalized spacial score (nSPS) is 15.9. The highest BCUT2D eigenvalue weighted by atomic mass is 14.4. The van der Waals surface area contributed by atoms with Gasteiger partial charge in [0.05, 0.1) is 0 Å². The summed E-state index contributed by atoms with van der Waals surface area (Å²) < 4.78 is 0. The molecule has 0 atom stereocenters. The zero-order chi connectivity index (χ0) is 11.2. The average Bonchev–Trinajstić information content (AvgIpc) is 2.31. The minimum absolute atomic E-state index is 0.753. The van der Waals surface area contributed by atoms with Gasteiger partial charge in [0, 0.05) is 12.1 Å². The molecule has 0 amide bonds. The van der Waals surface area contributed by atoms with Crippen LogP contribution in [0.2, 0.25) is 0 Å². The molecule has 1 aromatic rings. The lowest BCUT2D eigenvalue weighted by Crippen LogP contribution is -2.01. The average molecular weight is 213 g/mol. The Hall–Kier alpha value is -1.37. The molecule has 0 aliphatic heterocycles. The highest BCUT2D eigenvalue weighted by Crippen LogP contribution is 2.22. The Morgan fingerprint density at radius 3 is 2.44 bits per heavy atom. The summed E-state index contributed by atoms with van der Waals surface area (Å²) in [6, 6.07) is 10.3. The lowest BCUT2D eigenvalue weighted by molar-refractivity contribution is 0.599. The van der Waals surface area contributed by atoms with Gasteiger partial charge in [-0.1, -0.05) is 42.3 Å². The molecule has 0 saturated heterocycles. The molecule has 2 rings (SSSR count). The molecule has 1 N–H and O–H groups in total. The molecule has 0 bridgehead atoms. The summed E-state index contributed by atoms with van der Waals surface area (Å²) >= 11 is 0. The standard InChI is InChI=1S/C15H19N/c16-15(11-13-7-3-1-4-8-13)12-14-9-5-2-6-10-14/h1,3-4,7-8,12,16H,2,5-6,9-11H2. The fourth-order valence-electron chi connectivity index (χ4n) is 2.26. The topological polar surface area (TPSA) is 23.9 Å². The summed E-state index contributed by atoms with van der Waals surface area (Å²) in [7, 11) is 0. The molecule has 1 heteroatoms. The van der Waals surface area contributed by atoms with Gasteiger partial charge < -0.3 is 5.41 Å². The van der Waals surface area contributed by atoms with E-state index in [0.717, 1.165) is 12.1 Å². The molecule has 1 nitrogen and oxygen atoms in total. The van der Waals surface area contributed by atoms with Crippen molar-refractivity contribution in [3.63, 3.8) is 0 Å². The van der Waals surface area contributed by atoms with E-state index in [0.29, 0.717) is 0 Å². The molecule has 16 heavy (non-hydrogen) atoms. The Bertz CT molecular complexity index is 368. The number of nitrogens with one attached hydrogen (secondary N) is 1. The monoisotopic (exact) mass is 213 g/mol. The van der Waals surface area contributed by atoms with Crippen molar-refractivity contribution in [2.45, 2.75) is 38.5 Å². The number of hydrogen-bond donors (Lipinski definition) is 1. The largest absolute Gasteiger partial charge is 0.305 e. The highest BCUT2D eigenvalue weighted by Gasteiger charge is 2.06. The quantitative estimate of drug-likeness (QED) is 0.730. The maximum Gasteiger partial charge on any atom is 0.0357 e. The number of hydrogen-bond acceptors (Lipinski definition) is 1. The molecule has 1 aliphatic carbocycles. The zero-order valence-corrected chi connectivity index (χ0v) is 9.71. The molecule has 0 spiro atoms. The molecule has 1 fully saturated rings. The number of allylic oxidation sites excluding steroid dienone is 2. The molecule has 1 saturated carbocycles. The van der Waals surface area contributed by atoms with Crippen molar-refractivity contribution in [2.75, 3.05) is 0 Å². The highest BCUT2D eigenvalue weighted by molar-refractivity contribution is 5.94. The van der Waals surface area contributed by atoms with Crippen LogP contribution in [0.25, 0.3) is 0 Å². The van der Waals surface area contributed by atoms with Crippen LogP contribution in [0.3, 0.4) is 0 Å². The molecule has 1 aromatic carbocycles. The van der Waals surface area contributed by atoms with E-state index in [9.17, 15) is 0 Å². The summed E-state index contributed by atoms with van der Waals surface area (Å²) in [5, 5.41) is 7.99. The van der Waals surface area contributed by atoms with Crippen LogP contribution in [0.1, 0.15) is 37.7 Å². The lowest BCUT2D eigenvalue weighted by atomic mass is 9.93. The summed E-state index contributed by atoms with van der Waals surface area (Å²) in [6.45, 7) is 0. The first-order valence-electron chi connectivity index (χ1n) is 6.15. The number of benzene rings is 1. The van der Waals surface area contributed by atoms with Gasteiger partial charge in [-0.2, -0.15) is 0 Å². The van der Waals surface area contributed by atoms with Gasteiger partial charge in [0.1, 0.15) is 0 Å². The van der Waals surface area contributed by atoms with E-state index in [2.05, 4.69) is 18.2 Å². The number of rotatable bonds is 3. The second kappa shape index (κ2) is 5.64. The molecular weight excluding hydrogens is 194 g/mol. The second-order valence-corrected chi connectivity index (χ2v) is 4.55. The van der Waals surface area contributed by atoms with Gasteiger partial charge in [-0.25, -0.2) is 0 Å². The maximum absolute atomic E-state index is 7.99. The minimum atomic E-state index is 0.753. The van der Waals surface area contributed by atoms with E-state index < -0.39 is 0 Å². The van der Waals surface area contributed by atoms with Gasteiger partial charge in [0.2, 0.25) is 0 Å². The van der Waals surface area contributed by atoms with Gasteiger partial charge in [-0.15, -0.1) is 0 Å². The van der Waals surface area contributed by atoms with E-state index in [-0.39, 0.29) is 0 Å². The van der Waals surface area contributed by atoms with Crippen molar-refractivity contribution in [3.8, 4) is 0 Å². The predicted octanol–water partition coefficient (Wildman–Crippen LogP) is 4.14. The van der Waals surface area contributed by atoms with Gasteiger partial charge in [0.25, 0.3) is 0 Å². The van der Waals surface area contributed by atoms with Crippen LogP contribution in [-0.4, -0.2) is 5.71 Å². The van der Waals surface area contributed by atoms with Crippen molar-refractivity contribution in [2.24, 2.45) is 0 Å². The first kappa shape index (κ1) is 11.1. The zero-order valence-electron chi connectivity index (χ0n) is 9.71. The summed E-state index contributed by atoms with van der Waals surface area (Å²) in [4.78, 5) is 0. The first-order valence-corrected chi connectivity index (χ1v) is 6.15. The van der Waals surface area contributed by atoms with Crippen LogP contribution in [0.5, 0.6) is 0 Å². The summed E-state index contributed by atoms with van der Waals surface area (Å²) in [5.74, 6) is 0. The van der Waals surface area contributed by atoms with Crippen LogP contribution in [-0.2, 0) is 6.42 Å². The smallest absolute Gasteiger partial charge is 0.0357 e. The lowest BCUT2D eigenvalue weighted by Gasteiger charge is -2.13. The van der Waals surface area contributed by atoms with Crippen LogP contribution in [0, 0.1) is 5.41 Å². The first-order chi connectivity index (χ1) is 7.84. The molecule has 1 aliphatic rings. The SMILES string of the molecule is N=C(C=C1CCCCC1)Cc1ccccc1. The Balaban J connectivity index is 1.93. The van der Waals surface area contributed by atoms with Gasteiger partial charge in [-0.3, -0.25) is 0 Å². The van der Waals surface area contributed by atoms with Crippen LogP contribution in [0.4, 0.5) is 0 Å². The maximum atomic E-state index is 7.99. The van der Waals surface area contributed by atoms with Crippen LogP contribution >= 0.6 is 0 Å². The van der Waals surface area contributed by atoms with Crippen LogP contribution < -0.4 is 0 Å². The molecule has 84 valence electrons. The van der Waals surface area contributed by atoms with Gasteiger partial charge in [-0.05, 0) is 37.3 Å². The predicted molar refractivity (Wildman–Crippen MR) is 69.0 cm³/mol. The third kappa shape index (κ3) is 3.34. The third-order valence-electron chi connectivity index (χ3n) is 3.11. The molecular formula is C15H19N. The van der Waals surface area contributed by atoms with Crippen molar-refractivity contribution in [1.29, 1.82) is 5.41 Å². The molecule has 0 heterocycles. The molecule has 0 radical (unpaired) electrons. The Kier molecular flexibility index (Phi) is 3.92. The van der Waals surface area contributed by atoms with Crippen molar-refractivity contribution in [3.05, 3.63) is 47.5 Å². The van der Waals surface area contributed by atoms with Crippen molar-refractivity contribution >= 4 is 5.71 Å². The van der Waals surface area contributed by atoms with E-state index >= 15 is 0 Å². The third-order valence-corrected chi connectivity index (χ3v) is 3.11. The van der Waals surface area contributed by atoms with Crippen molar-refractivity contribution < 1.29 is 0 Å². The van der Waals surface area contributed by atoms with Crippen LogP contribution in [0.15, 0.2) is 42.0 Å². The van der Waals surface area contributed by atoms with Gasteiger partial charge >= 0.3 is 0 Å². The van der Waals surface area contributed by atoms with E-state index in [1.165, 1.54) is 43.2 Å². The van der Waals surface area contributed by atoms with Gasteiger partial charge in [0.15, 0.2) is 0 Å². The Morgan fingerprint density at radius 1 is 1.06 bits per heavy atom. The minimum Gasteiger partial charge on any atom is -0.305 e. The van der Waals surface area contributed by atoms with E-state index in [1.54, 1.807) is 0 Å². The Labute approximate surface area is 97.7 Å².